The fraction of sp³-hybridized carbons (Fsp3) is 0.500. The van der Waals surface area contributed by atoms with E-state index < -0.39 is 0 Å². The van der Waals surface area contributed by atoms with Gasteiger partial charge in [-0.3, -0.25) is 18.6 Å². The first-order valence-electron chi connectivity index (χ1n) is 8.25. The van der Waals surface area contributed by atoms with E-state index in [-0.39, 0.29) is 23.3 Å². The third kappa shape index (κ3) is 3.02. The van der Waals surface area contributed by atoms with E-state index in [0.717, 1.165) is 4.57 Å². The predicted octanol–water partition coefficient (Wildman–Crippen LogP) is -0.130. The Morgan fingerprint density at radius 2 is 1.96 bits per heavy atom. The molecule has 0 radical (unpaired) electrons. The van der Waals surface area contributed by atoms with Crippen LogP contribution in [0.2, 0.25) is 0 Å². The molecule has 3 heterocycles. The number of aryl methyl sites for hydroxylation is 1. The van der Waals surface area contributed by atoms with Gasteiger partial charge in [-0.15, -0.1) is 0 Å². The molecule has 0 aliphatic rings. The van der Waals surface area contributed by atoms with Crippen molar-refractivity contribution in [3.63, 3.8) is 0 Å². The van der Waals surface area contributed by atoms with Crippen LogP contribution in [0.3, 0.4) is 0 Å². The largest absolute Gasteiger partial charge is 0.332 e. The third-order valence-corrected chi connectivity index (χ3v) is 4.70. The van der Waals surface area contributed by atoms with Crippen LogP contribution in [-0.2, 0) is 20.6 Å². The van der Waals surface area contributed by atoms with Gasteiger partial charge in [0.25, 0.3) is 5.56 Å². The van der Waals surface area contributed by atoms with E-state index >= 15 is 0 Å². The molecule has 3 aromatic heterocycles. The van der Waals surface area contributed by atoms with Crippen LogP contribution < -0.4 is 16.6 Å². The van der Waals surface area contributed by atoms with Gasteiger partial charge in [0.15, 0.2) is 11.2 Å². The van der Waals surface area contributed by atoms with Crippen molar-refractivity contribution in [3.05, 3.63) is 45.6 Å². The molecule has 0 aromatic carbocycles. The standard InChI is InChI=1S/C16H23N7O2/c1-11(12(2)23-8-5-6-19-23)17-7-9-22-10-18-14-13(22)15(24)21(4)16(25)20(14)3/h5-6,8,10-12,17H,7,9H2,1-4H3/t11-,12-/m0/s1. The SMILES string of the molecule is C[C@H](NCCn1cnc2c1c(=O)n(C)c(=O)n2C)[C@H](C)n1cccn1. The van der Waals surface area contributed by atoms with Crippen LogP contribution in [0.1, 0.15) is 19.9 Å². The summed E-state index contributed by atoms with van der Waals surface area (Å²) in [5, 5.41) is 7.71. The maximum absolute atomic E-state index is 12.4. The first-order valence-corrected chi connectivity index (χ1v) is 8.25. The van der Waals surface area contributed by atoms with Crippen LogP contribution in [0.5, 0.6) is 0 Å². The van der Waals surface area contributed by atoms with E-state index in [9.17, 15) is 9.59 Å². The summed E-state index contributed by atoms with van der Waals surface area (Å²) < 4.78 is 6.20. The quantitative estimate of drug-likeness (QED) is 0.672. The molecule has 0 saturated carbocycles. The van der Waals surface area contributed by atoms with Gasteiger partial charge in [-0.25, -0.2) is 9.78 Å². The van der Waals surface area contributed by atoms with Crippen molar-refractivity contribution in [2.75, 3.05) is 6.54 Å². The third-order valence-electron chi connectivity index (χ3n) is 4.70. The van der Waals surface area contributed by atoms with Gasteiger partial charge in [-0.05, 0) is 19.9 Å². The fourth-order valence-electron chi connectivity index (χ4n) is 2.90. The van der Waals surface area contributed by atoms with Crippen LogP contribution in [-0.4, -0.2) is 41.1 Å². The van der Waals surface area contributed by atoms with Crippen molar-refractivity contribution in [1.29, 1.82) is 0 Å². The zero-order valence-electron chi connectivity index (χ0n) is 14.9. The topological polar surface area (TPSA) is 91.7 Å². The summed E-state index contributed by atoms with van der Waals surface area (Å²) in [6.45, 7) is 5.45. The van der Waals surface area contributed by atoms with E-state index in [1.54, 1.807) is 24.1 Å². The molecule has 0 amide bonds. The lowest BCUT2D eigenvalue weighted by Gasteiger charge is -2.22. The second kappa shape index (κ2) is 6.67. The Morgan fingerprint density at radius 3 is 2.64 bits per heavy atom. The zero-order valence-corrected chi connectivity index (χ0v) is 14.9. The van der Waals surface area contributed by atoms with E-state index in [2.05, 4.69) is 29.2 Å². The number of rotatable bonds is 6. The van der Waals surface area contributed by atoms with Crippen molar-refractivity contribution < 1.29 is 0 Å². The maximum Gasteiger partial charge on any atom is 0.332 e. The van der Waals surface area contributed by atoms with Crippen LogP contribution in [0.15, 0.2) is 34.4 Å². The summed E-state index contributed by atoms with van der Waals surface area (Å²) in [6.07, 6.45) is 5.31. The molecule has 3 rings (SSSR count). The van der Waals surface area contributed by atoms with E-state index in [1.807, 2.05) is 16.9 Å². The van der Waals surface area contributed by atoms with Gasteiger partial charge >= 0.3 is 5.69 Å². The lowest BCUT2D eigenvalue weighted by molar-refractivity contribution is 0.362. The highest BCUT2D eigenvalue weighted by atomic mass is 16.2. The second-order valence-corrected chi connectivity index (χ2v) is 6.29. The number of aromatic nitrogens is 6. The van der Waals surface area contributed by atoms with Crippen molar-refractivity contribution in [2.45, 2.75) is 32.5 Å². The minimum Gasteiger partial charge on any atom is -0.323 e. The summed E-state index contributed by atoms with van der Waals surface area (Å²) >= 11 is 0. The number of imidazole rings is 1. The minimum absolute atomic E-state index is 0.210. The first-order chi connectivity index (χ1) is 11.9. The molecule has 0 bridgehead atoms. The lowest BCUT2D eigenvalue weighted by Crippen LogP contribution is -2.38. The van der Waals surface area contributed by atoms with Crippen LogP contribution in [0, 0.1) is 0 Å². The van der Waals surface area contributed by atoms with E-state index in [4.69, 9.17) is 0 Å². The van der Waals surface area contributed by atoms with Crippen LogP contribution >= 0.6 is 0 Å². The summed E-state index contributed by atoms with van der Waals surface area (Å²) in [4.78, 5) is 28.6. The molecule has 3 aromatic rings. The number of nitrogens with zero attached hydrogens (tertiary/aromatic N) is 6. The molecule has 0 unspecified atom stereocenters. The highest BCUT2D eigenvalue weighted by Gasteiger charge is 2.16. The first kappa shape index (κ1) is 17.2. The van der Waals surface area contributed by atoms with Crippen molar-refractivity contribution in [3.8, 4) is 0 Å². The summed E-state index contributed by atoms with van der Waals surface area (Å²) in [5.41, 5.74) is 0.154. The summed E-state index contributed by atoms with van der Waals surface area (Å²) in [5.74, 6) is 0. The molecule has 1 N–H and O–H groups in total. The van der Waals surface area contributed by atoms with E-state index in [0.29, 0.717) is 24.3 Å². The molecule has 0 spiro atoms. The second-order valence-electron chi connectivity index (χ2n) is 6.29. The van der Waals surface area contributed by atoms with Gasteiger partial charge in [-0.1, -0.05) is 0 Å². The van der Waals surface area contributed by atoms with Gasteiger partial charge in [0, 0.05) is 45.6 Å². The maximum atomic E-state index is 12.4. The van der Waals surface area contributed by atoms with Crippen molar-refractivity contribution in [2.24, 2.45) is 14.1 Å². The normalized spacial score (nSPS) is 14.1. The van der Waals surface area contributed by atoms with Crippen molar-refractivity contribution in [1.82, 2.24) is 33.8 Å². The Balaban J connectivity index is 1.74. The Labute approximate surface area is 144 Å². The monoisotopic (exact) mass is 345 g/mol. The average molecular weight is 345 g/mol. The van der Waals surface area contributed by atoms with Crippen LogP contribution in [0.4, 0.5) is 0 Å². The summed E-state index contributed by atoms with van der Waals surface area (Å²) in [7, 11) is 3.10. The molecule has 0 fully saturated rings. The van der Waals surface area contributed by atoms with Crippen LogP contribution in [0.25, 0.3) is 11.2 Å². The van der Waals surface area contributed by atoms with Gasteiger partial charge in [0.1, 0.15) is 0 Å². The molecule has 2 atom stereocenters. The highest BCUT2D eigenvalue weighted by Crippen LogP contribution is 2.09. The molecule has 9 nitrogen and oxygen atoms in total. The lowest BCUT2D eigenvalue weighted by atomic mass is 10.2. The number of hydrogen-bond donors (Lipinski definition) is 1. The van der Waals surface area contributed by atoms with Gasteiger partial charge in [0.2, 0.25) is 0 Å². The zero-order chi connectivity index (χ0) is 18.1. The molecule has 0 aliphatic carbocycles. The summed E-state index contributed by atoms with van der Waals surface area (Å²) in [6, 6.07) is 2.33. The molecule has 134 valence electrons. The van der Waals surface area contributed by atoms with Gasteiger partial charge in [-0.2, -0.15) is 5.10 Å². The average Bonchev–Trinajstić information content (AvgIpc) is 3.27. The highest BCUT2D eigenvalue weighted by molar-refractivity contribution is 5.69. The minimum atomic E-state index is -0.373. The Bertz CT molecular complexity index is 980. The van der Waals surface area contributed by atoms with Gasteiger partial charge in [0.05, 0.1) is 12.4 Å². The smallest absolute Gasteiger partial charge is 0.323 e. The van der Waals surface area contributed by atoms with Crippen molar-refractivity contribution >= 4 is 11.2 Å². The Hall–Kier alpha value is -2.68. The molecule has 9 heteroatoms. The molecule has 0 saturated heterocycles. The Morgan fingerprint density at radius 1 is 1.20 bits per heavy atom. The van der Waals surface area contributed by atoms with E-state index in [1.165, 1.54) is 11.6 Å². The van der Waals surface area contributed by atoms with Gasteiger partial charge < -0.3 is 9.88 Å². The number of nitrogens with one attached hydrogen (secondary N) is 1. The molecular formula is C16H23N7O2. The number of hydrogen-bond acceptors (Lipinski definition) is 5. The molecular weight excluding hydrogens is 322 g/mol. The number of fused-ring (bicyclic) bond motifs is 1. The molecule has 25 heavy (non-hydrogen) atoms. The molecule has 0 aliphatic heterocycles. The predicted molar refractivity (Wildman–Crippen MR) is 94.6 cm³/mol. The Kier molecular flexibility index (Phi) is 4.58. The fourth-order valence-corrected chi connectivity index (χ4v) is 2.90.